The van der Waals surface area contributed by atoms with Gasteiger partial charge in [0.1, 0.15) is 0 Å². The lowest BCUT2D eigenvalue weighted by Crippen LogP contribution is -2.16. The lowest BCUT2D eigenvalue weighted by atomic mass is 9.82. The predicted molar refractivity (Wildman–Crippen MR) is 237 cm³/mol. The van der Waals surface area contributed by atoms with E-state index < -0.39 is 0 Å². The molecule has 0 radical (unpaired) electrons. The third-order valence-electron chi connectivity index (χ3n) is 11.9. The summed E-state index contributed by atoms with van der Waals surface area (Å²) in [6, 6.07) is 69.7. The van der Waals surface area contributed by atoms with Crippen LogP contribution in [-0.4, -0.2) is 0 Å². The molecule has 1 aliphatic rings. The van der Waals surface area contributed by atoms with Crippen LogP contribution in [0, 0.1) is 0 Å². The second-order valence-electron chi connectivity index (χ2n) is 15.3. The SMILES string of the molecule is CC1(C)c2ccccc2-c2ccc(N(c3ccc(-c4ccc(-c5ccc6sc7ccccc7c6c5)cc4)cc3)c3cc4ccccc4c4ccccc34)cc21. The number of rotatable bonds is 5. The van der Waals surface area contributed by atoms with E-state index in [-0.39, 0.29) is 5.41 Å². The summed E-state index contributed by atoms with van der Waals surface area (Å²) in [5.74, 6) is 0. The molecule has 0 saturated carbocycles. The molecule has 0 fully saturated rings. The van der Waals surface area contributed by atoms with E-state index in [0.29, 0.717) is 0 Å². The summed E-state index contributed by atoms with van der Waals surface area (Å²) in [7, 11) is 0. The Kier molecular flexibility index (Phi) is 7.14. The van der Waals surface area contributed by atoms with Crippen molar-refractivity contribution in [2.24, 2.45) is 0 Å². The smallest absolute Gasteiger partial charge is 0.0546 e. The van der Waals surface area contributed by atoms with Gasteiger partial charge in [0.2, 0.25) is 0 Å². The van der Waals surface area contributed by atoms with Gasteiger partial charge < -0.3 is 4.90 Å². The summed E-state index contributed by atoms with van der Waals surface area (Å²) in [4.78, 5) is 2.46. The van der Waals surface area contributed by atoms with Gasteiger partial charge in [-0.05, 0) is 109 Å². The maximum atomic E-state index is 2.46. The van der Waals surface area contributed by atoms with Crippen molar-refractivity contribution in [1.29, 1.82) is 0 Å². The van der Waals surface area contributed by atoms with Crippen LogP contribution in [0.2, 0.25) is 0 Å². The van der Waals surface area contributed by atoms with E-state index in [1.165, 1.54) is 91.9 Å². The van der Waals surface area contributed by atoms with Crippen LogP contribution < -0.4 is 4.90 Å². The van der Waals surface area contributed by atoms with E-state index in [9.17, 15) is 0 Å². The monoisotopic (exact) mass is 719 g/mol. The highest BCUT2D eigenvalue weighted by molar-refractivity contribution is 7.25. The topological polar surface area (TPSA) is 3.24 Å². The molecule has 1 heterocycles. The van der Waals surface area contributed by atoms with Gasteiger partial charge in [-0.2, -0.15) is 0 Å². The van der Waals surface area contributed by atoms with Gasteiger partial charge in [0.05, 0.1) is 5.69 Å². The maximum Gasteiger partial charge on any atom is 0.0546 e. The van der Waals surface area contributed by atoms with Gasteiger partial charge in [-0.1, -0.05) is 153 Å². The van der Waals surface area contributed by atoms with Crippen molar-refractivity contribution in [3.05, 3.63) is 199 Å². The first-order chi connectivity index (χ1) is 27.0. The summed E-state index contributed by atoms with van der Waals surface area (Å²) in [6.07, 6.45) is 0. The lowest BCUT2D eigenvalue weighted by molar-refractivity contribution is 0.660. The molecule has 0 aliphatic heterocycles. The highest BCUT2D eigenvalue weighted by Crippen LogP contribution is 2.51. The predicted octanol–water partition coefficient (Wildman–Crippen LogP) is 15.5. The molecular formula is C53H37NS. The van der Waals surface area contributed by atoms with E-state index in [1.54, 1.807) is 0 Å². The molecule has 11 rings (SSSR count). The summed E-state index contributed by atoms with van der Waals surface area (Å²) in [6.45, 7) is 4.72. The average molecular weight is 720 g/mol. The minimum atomic E-state index is -0.0989. The first kappa shape index (κ1) is 32.0. The van der Waals surface area contributed by atoms with E-state index in [0.717, 1.165) is 11.4 Å². The van der Waals surface area contributed by atoms with E-state index in [4.69, 9.17) is 0 Å². The summed E-state index contributed by atoms with van der Waals surface area (Å²) < 4.78 is 2.67. The van der Waals surface area contributed by atoms with Crippen molar-refractivity contribution in [3.63, 3.8) is 0 Å². The van der Waals surface area contributed by atoms with E-state index in [1.807, 2.05) is 11.3 Å². The fourth-order valence-electron chi connectivity index (χ4n) is 9.04. The molecule has 0 spiro atoms. The fourth-order valence-corrected chi connectivity index (χ4v) is 10.1. The Bertz CT molecular complexity index is 3110. The number of hydrogen-bond donors (Lipinski definition) is 0. The molecule has 55 heavy (non-hydrogen) atoms. The normalized spacial score (nSPS) is 13.1. The number of fused-ring (bicyclic) bond motifs is 9. The average Bonchev–Trinajstić information content (AvgIpc) is 3.72. The summed E-state index contributed by atoms with van der Waals surface area (Å²) in [5.41, 5.74) is 13.7. The molecule has 0 amide bonds. The minimum Gasteiger partial charge on any atom is -0.310 e. The van der Waals surface area contributed by atoms with Crippen LogP contribution in [0.5, 0.6) is 0 Å². The number of hydrogen-bond acceptors (Lipinski definition) is 2. The van der Waals surface area contributed by atoms with Crippen LogP contribution in [0.15, 0.2) is 188 Å². The number of benzene rings is 9. The standard InChI is InChI=1S/C53H37NS/c1-53(2)48-17-9-7-14-43(48)44-29-28-40(33-49(44)53)54(50-32-38-11-3-4-12-41(38)42-13-5-6-15-45(42)50)39-26-23-35(24-27-39)34-19-21-36(22-20-34)37-25-30-52-47(31-37)46-16-8-10-18-51(46)55-52/h3-33H,1-2H3. The van der Waals surface area contributed by atoms with Crippen molar-refractivity contribution >= 4 is 70.1 Å². The molecule has 1 aromatic heterocycles. The van der Waals surface area contributed by atoms with Crippen LogP contribution in [0.25, 0.3) is 75.1 Å². The summed E-state index contributed by atoms with van der Waals surface area (Å²) >= 11 is 1.87. The van der Waals surface area contributed by atoms with Crippen molar-refractivity contribution in [3.8, 4) is 33.4 Å². The van der Waals surface area contributed by atoms with E-state index >= 15 is 0 Å². The Balaban J connectivity index is 1.01. The molecule has 10 aromatic rings. The zero-order valence-corrected chi connectivity index (χ0v) is 31.6. The molecular weight excluding hydrogens is 683 g/mol. The van der Waals surface area contributed by atoms with Crippen LogP contribution >= 0.6 is 11.3 Å². The highest BCUT2D eigenvalue weighted by atomic mass is 32.1. The van der Waals surface area contributed by atoms with Gasteiger partial charge in [-0.15, -0.1) is 11.3 Å². The van der Waals surface area contributed by atoms with Gasteiger partial charge in [0, 0.05) is 42.3 Å². The largest absolute Gasteiger partial charge is 0.310 e. The second kappa shape index (κ2) is 12.3. The van der Waals surface area contributed by atoms with Gasteiger partial charge in [0.15, 0.2) is 0 Å². The first-order valence-corrected chi connectivity index (χ1v) is 19.9. The van der Waals surface area contributed by atoms with Gasteiger partial charge >= 0.3 is 0 Å². The van der Waals surface area contributed by atoms with Crippen LogP contribution in [-0.2, 0) is 5.41 Å². The molecule has 1 nitrogen and oxygen atoms in total. The molecule has 260 valence electrons. The Morgan fingerprint density at radius 1 is 0.382 bits per heavy atom. The second-order valence-corrected chi connectivity index (χ2v) is 16.4. The number of nitrogens with zero attached hydrogens (tertiary/aromatic N) is 1. The highest BCUT2D eigenvalue weighted by Gasteiger charge is 2.35. The Morgan fingerprint density at radius 2 is 0.945 bits per heavy atom. The van der Waals surface area contributed by atoms with Gasteiger partial charge in [-0.25, -0.2) is 0 Å². The van der Waals surface area contributed by atoms with E-state index in [2.05, 4.69) is 207 Å². The third kappa shape index (κ3) is 5.06. The maximum absolute atomic E-state index is 2.46. The molecule has 0 N–H and O–H groups in total. The van der Waals surface area contributed by atoms with Crippen molar-refractivity contribution in [1.82, 2.24) is 0 Å². The van der Waals surface area contributed by atoms with Crippen molar-refractivity contribution in [2.75, 3.05) is 4.90 Å². The van der Waals surface area contributed by atoms with Gasteiger partial charge in [0.25, 0.3) is 0 Å². The minimum absolute atomic E-state index is 0.0989. The Labute approximate surface area is 325 Å². The zero-order chi connectivity index (χ0) is 36.7. The van der Waals surface area contributed by atoms with Crippen molar-refractivity contribution < 1.29 is 0 Å². The molecule has 0 unspecified atom stereocenters. The summed E-state index contributed by atoms with van der Waals surface area (Å²) in [5, 5.41) is 7.67. The third-order valence-corrected chi connectivity index (χ3v) is 13.0. The molecule has 1 aliphatic carbocycles. The van der Waals surface area contributed by atoms with Crippen LogP contribution in [0.4, 0.5) is 17.1 Å². The molecule has 0 bridgehead atoms. The molecule has 2 heteroatoms. The van der Waals surface area contributed by atoms with Crippen molar-refractivity contribution in [2.45, 2.75) is 19.3 Å². The number of thiophene rings is 1. The van der Waals surface area contributed by atoms with Crippen LogP contribution in [0.1, 0.15) is 25.0 Å². The fraction of sp³-hybridized carbons (Fsp3) is 0.0566. The zero-order valence-electron chi connectivity index (χ0n) is 30.8. The van der Waals surface area contributed by atoms with Crippen LogP contribution in [0.3, 0.4) is 0 Å². The molecule has 9 aromatic carbocycles. The van der Waals surface area contributed by atoms with Gasteiger partial charge in [-0.3, -0.25) is 0 Å². The quantitative estimate of drug-likeness (QED) is 0.160. The first-order valence-electron chi connectivity index (χ1n) is 19.1. The molecule has 0 atom stereocenters. The Morgan fingerprint density at radius 3 is 1.75 bits per heavy atom. The Hall–Kier alpha value is -6.48. The molecule has 0 saturated heterocycles. The lowest BCUT2D eigenvalue weighted by Gasteiger charge is -2.29. The number of anilines is 3.